The summed E-state index contributed by atoms with van der Waals surface area (Å²) in [6.07, 6.45) is 8.67. The van der Waals surface area contributed by atoms with Crippen LogP contribution in [0.5, 0.6) is 0 Å². The van der Waals surface area contributed by atoms with Crippen LogP contribution in [0.2, 0.25) is 0 Å². The Morgan fingerprint density at radius 1 is 0.868 bits per heavy atom. The van der Waals surface area contributed by atoms with E-state index in [-0.39, 0.29) is 5.91 Å². The molecular weight excluding hydrogens is 488 g/mol. The molecule has 38 heavy (non-hydrogen) atoms. The molecule has 2 heterocycles. The molecule has 0 bridgehead atoms. The molecule has 0 aliphatic carbocycles. The number of imidazole rings is 1. The average Bonchev–Trinajstić information content (AvgIpc) is 3.42. The number of amidine groups is 1. The van der Waals surface area contributed by atoms with E-state index in [1.54, 1.807) is 4.90 Å². The van der Waals surface area contributed by atoms with Crippen LogP contribution in [-0.2, 0) is 24.7 Å². The second-order valence-corrected chi connectivity index (χ2v) is 10.7. The van der Waals surface area contributed by atoms with Gasteiger partial charge in [0.15, 0.2) is 5.17 Å². The quantitative estimate of drug-likeness (QED) is 0.209. The Morgan fingerprint density at radius 2 is 1.50 bits per heavy atom. The van der Waals surface area contributed by atoms with Crippen molar-refractivity contribution in [1.29, 1.82) is 0 Å². The summed E-state index contributed by atoms with van der Waals surface area (Å²) in [5.74, 6) is 0.667. The van der Waals surface area contributed by atoms with Crippen molar-refractivity contribution in [3.63, 3.8) is 0 Å². The highest BCUT2D eigenvalue weighted by molar-refractivity contribution is 8.19. The number of aromatic nitrogens is 2. The molecule has 0 unspecified atom stereocenters. The van der Waals surface area contributed by atoms with E-state index in [1.165, 1.54) is 35.7 Å². The molecule has 1 aliphatic rings. The second kappa shape index (κ2) is 11.8. The van der Waals surface area contributed by atoms with Crippen molar-refractivity contribution in [1.82, 2.24) is 9.55 Å². The number of unbranched alkanes of at least 4 members (excludes halogenated alkanes) is 2. The largest absolute Gasteiger partial charge is 0.328 e. The van der Waals surface area contributed by atoms with Crippen LogP contribution in [-0.4, -0.2) is 20.6 Å². The minimum Gasteiger partial charge on any atom is -0.328 e. The molecule has 0 radical (unpaired) electrons. The molecule has 5 rings (SSSR count). The lowest BCUT2D eigenvalue weighted by molar-refractivity contribution is -0.113. The third kappa shape index (κ3) is 5.60. The predicted octanol–water partition coefficient (Wildman–Crippen LogP) is 8.07. The van der Waals surface area contributed by atoms with Crippen LogP contribution < -0.4 is 4.90 Å². The van der Waals surface area contributed by atoms with E-state index in [4.69, 9.17) is 9.98 Å². The van der Waals surface area contributed by atoms with Crippen LogP contribution in [0, 0.1) is 0 Å². The smallest absolute Gasteiger partial charge is 0.271 e. The number of rotatable bonds is 9. The molecule has 0 saturated carbocycles. The fourth-order valence-corrected chi connectivity index (χ4v) is 5.58. The van der Waals surface area contributed by atoms with Crippen molar-refractivity contribution in [2.75, 3.05) is 4.90 Å². The summed E-state index contributed by atoms with van der Waals surface area (Å²) >= 11 is 1.40. The van der Waals surface area contributed by atoms with Gasteiger partial charge in [0.25, 0.3) is 5.91 Å². The van der Waals surface area contributed by atoms with E-state index in [9.17, 15) is 4.79 Å². The zero-order valence-electron chi connectivity index (χ0n) is 22.4. The summed E-state index contributed by atoms with van der Waals surface area (Å²) in [5.41, 5.74) is 6.21. The molecule has 1 saturated heterocycles. The second-order valence-electron chi connectivity index (χ2n) is 9.70. The molecule has 1 aromatic heterocycles. The molecule has 0 N–H and O–H groups in total. The normalized spacial score (nSPS) is 15.9. The summed E-state index contributed by atoms with van der Waals surface area (Å²) in [4.78, 5) is 25.8. The van der Waals surface area contributed by atoms with E-state index in [2.05, 4.69) is 38.1 Å². The summed E-state index contributed by atoms with van der Waals surface area (Å²) in [6.45, 7) is 4.41. The number of hydrogen-bond donors (Lipinski definition) is 0. The highest BCUT2D eigenvalue weighted by atomic mass is 32.2. The first-order valence-electron chi connectivity index (χ1n) is 13.5. The Kier molecular flexibility index (Phi) is 8.08. The summed E-state index contributed by atoms with van der Waals surface area (Å²) < 4.78 is 2.02. The van der Waals surface area contributed by atoms with Crippen molar-refractivity contribution in [2.45, 2.75) is 52.4 Å². The van der Waals surface area contributed by atoms with Gasteiger partial charge in [-0.25, -0.2) is 9.98 Å². The number of anilines is 1. The van der Waals surface area contributed by atoms with Gasteiger partial charge in [0.2, 0.25) is 0 Å². The van der Waals surface area contributed by atoms with Gasteiger partial charge in [-0.3, -0.25) is 9.69 Å². The Labute approximate surface area is 229 Å². The van der Waals surface area contributed by atoms with Crippen molar-refractivity contribution in [2.24, 2.45) is 12.0 Å². The third-order valence-corrected chi connectivity index (χ3v) is 7.85. The zero-order valence-corrected chi connectivity index (χ0v) is 23.2. The van der Waals surface area contributed by atoms with Gasteiger partial charge in [-0.05, 0) is 85.0 Å². The molecule has 0 atom stereocenters. The zero-order chi connectivity index (χ0) is 26.5. The fourth-order valence-electron chi connectivity index (χ4n) is 4.61. The van der Waals surface area contributed by atoms with Gasteiger partial charge in [-0.2, -0.15) is 0 Å². The number of benzene rings is 3. The van der Waals surface area contributed by atoms with E-state index in [0.717, 1.165) is 53.9 Å². The van der Waals surface area contributed by atoms with Gasteiger partial charge in [-0.15, -0.1) is 0 Å². The third-order valence-electron chi connectivity index (χ3n) is 6.88. The first-order chi connectivity index (χ1) is 18.6. The van der Waals surface area contributed by atoms with Crippen molar-refractivity contribution < 1.29 is 4.79 Å². The van der Waals surface area contributed by atoms with Gasteiger partial charge >= 0.3 is 0 Å². The molecule has 6 heteroatoms. The molecule has 194 valence electrons. The van der Waals surface area contributed by atoms with E-state index < -0.39 is 0 Å². The predicted molar refractivity (Wildman–Crippen MR) is 161 cm³/mol. The maximum Gasteiger partial charge on any atom is 0.271 e. The topological polar surface area (TPSA) is 50.5 Å². The Balaban J connectivity index is 1.50. The van der Waals surface area contributed by atoms with Gasteiger partial charge < -0.3 is 4.57 Å². The highest BCUT2D eigenvalue weighted by Gasteiger charge is 2.35. The van der Waals surface area contributed by atoms with Crippen LogP contribution >= 0.6 is 11.8 Å². The summed E-state index contributed by atoms with van der Waals surface area (Å²) in [5, 5.41) is 0.655. The minimum absolute atomic E-state index is 0.0818. The lowest BCUT2D eigenvalue weighted by Crippen LogP contribution is -2.28. The molecular formula is C32H34N4OS. The molecule has 4 aromatic rings. The maximum absolute atomic E-state index is 13.8. The Morgan fingerprint density at radius 3 is 2.13 bits per heavy atom. The number of para-hydroxylation sites is 2. The monoisotopic (exact) mass is 522 g/mol. The summed E-state index contributed by atoms with van der Waals surface area (Å²) in [6, 6.07) is 24.7. The van der Waals surface area contributed by atoms with E-state index in [1.807, 2.05) is 66.2 Å². The maximum atomic E-state index is 13.8. The molecule has 1 fully saturated rings. The van der Waals surface area contributed by atoms with Gasteiger partial charge in [0.05, 0.1) is 27.3 Å². The SMILES string of the molecule is CCCCc1ccc(N=C2S/C(=C/c3nc4ccccc4n3C)C(=O)N2c2ccc(CCCC)cc2)cc1. The number of fused-ring (bicyclic) bond motifs is 1. The van der Waals surface area contributed by atoms with E-state index >= 15 is 0 Å². The first-order valence-corrected chi connectivity index (χ1v) is 14.3. The van der Waals surface area contributed by atoms with Crippen LogP contribution in [0.25, 0.3) is 17.1 Å². The van der Waals surface area contributed by atoms with Crippen LogP contribution in [0.1, 0.15) is 56.5 Å². The number of hydrogen-bond acceptors (Lipinski definition) is 4. The van der Waals surface area contributed by atoms with Crippen LogP contribution in [0.4, 0.5) is 11.4 Å². The molecule has 3 aromatic carbocycles. The van der Waals surface area contributed by atoms with Gasteiger partial charge in [0.1, 0.15) is 5.82 Å². The average molecular weight is 523 g/mol. The van der Waals surface area contributed by atoms with Gasteiger partial charge in [-0.1, -0.05) is 63.1 Å². The highest BCUT2D eigenvalue weighted by Crippen LogP contribution is 2.37. The number of carbonyl (C=O) groups is 1. The number of amides is 1. The Bertz CT molecular complexity index is 1480. The Hall–Kier alpha value is -3.64. The lowest BCUT2D eigenvalue weighted by atomic mass is 10.1. The number of thioether (sulfide) groups is 1. The van der Waals surface area contributed by atoms with Crippen molar-refractivity contribution in [3.05, 3.63) is 94.7 Å². The van der Waals surface area contributed by atoms with Crippen LogP contribution in [0.3, 0.4) is 0 Å². The summed E-state index contributed by atoms with van der Waals surface area (Å²) in [7, 11) is 1.98. The van der Waals surface area contributed by atoms with Gasteiger partial charge in [0, 0.05) is 13.1 Å². The lowest BCUT2D eigenvalue weighted by Gasteiger charge is -2.16. The minimum atomic E-state index is -0.0818. The number of aryl methyl sites for hydroxylation is 3. The van der Waals surface area contributed by atoms with E-state index in [0.29, 0.717) is 10.1 Å². The number of aliphatic imine (C=N–C) groups is 1. The fraction of sp³-hybridized carbons (Fsp3) is 0.281. The molecule has 0 spiro atoms. The van der Waals surface area contributed by atoms with Crippen molar-refractivity contribution >= 4 is 51.3 Å². The molecule has 1 aliphatic heterocycles. The molecule has 1 amide bonds. The van der Waals surface area contributed by atoms with Crippen LogP contribution in [0.15, 0.2) is 82.7 Å². The number of carbonyl (C=O) groups excluding carboxylic acids is 1. The first kappa shape index (κ1) is 26.0. The van der Waals surface area contributed by atoms with Crippen molar-refractivity contribution in [3.8, 4) is 0 Å². The standard InChI is InChI=1S/C32H34N4OS/c1-4-6-10-23-14-18-25(19-15-23)33-32-36(26-20-16-24(17-21-26)11-7-5-2)31(37)29(38-32)22-30-34-27-12-8-9-13-28(27)35(30)3/h8-9,12-22H,4-7,10-11H2,1-3H3/b29-22+,33-32?. The number of nitrogens with zero attached hydrogens (tertiary/aromatic N) is 4. The molecule has 5 nitrogen and oxygen atoms in total.